The van der Waals surface area contributed by atoms with E-state index in [4.69, 9.17) is 5.73 Å². The number of rotatable bonds is 4. The highest BCUT2D eigenvalue weighted by atomic mass is 16.6. The smallest absolute Gasteiger partial charge is 0.293 e. The third-order valence-corrected chi connectivity index (χ3v) is 2.92. The summed E-state index contributed by atoms with van der Waals surface area (Å²) in [5.74, 6) is -0.669. The molecule has 17 heavy (non-hydrogen) atoms. The number of nitro groups is 1. The van der Waals surface area contributed by atoms with Crippen LogP contribution in [0.4, 0.5) is 11.4 Å². The van der Waals surface area contributed by atoms with Gasteiger partial charge in [0, 0.05) is 17.2 Å². The van der Waals surface area contributed by atoms with Gasteiger partial charge in [0.2, 0.25) is 5.91 Å². The van der Waals surface area contributed by atoms with Crippen LogP contribution in [0, 0.1) is 10.1 Å². The van der Waals surface area contributed by atoms with Crippen LogP contribution in [-0.2, 0) is 0 Å². The molecule has 3 N–H and O–H groups in total. The minimum absolute atomic E-state index is 0.0565. The topological polar surface area (TPSA) is 98.3 Å². The van der Waals surface area contributed by atoms with Crippen LogP contribution < -0.4 is 11.1 Å². The van der Waals surface area contributed by atoms with E-state index in [0.717, 1.165) is 12.8 Å². The third-order valence-electron chi connectivity index (χ3n) is 2.92. The van der Waals surface area contributed by atoms with E-state index >= 15 is 0 Å². The van der Waals surface area contributed by atoms with Crippen LogP contribution in [0.2, 0.25) is 0 Å². The zero-order valence-electron chi connectivity index (χ0n) is 9.40. The Morgan fingerprint density at radius 2 is 2.18 bits per heavy atom. The van der Waals surface area contributed by atoms with Crippen LogP contribution in [-0.4, -0.2) is 16.4 Å². The molecule has 0 bridgehead atoms. The van der Waals surface area contributed by atoms with Crippen molar-refractivity contribution in [2.24, 2.45) is 5.73 Å². The number of primary amides is 1. The maximum absolute atomic E-state index is 11.0. The number of hydrogen-bond donors (Lipinski definition) is 2. The Hall–Kier alpha value is -2.11. The van der Waals surface area contributed by atoms with Crippen molar-refractivity contribution in [1.29, 1.82) is 0 Å². The molecule has 0 heterocycles. The lowest BCUT2D eigenvalue weighted by atomic mass is 10.1. The van der Waals surface area contributed by atoms with Crippen molar-refractivity contribution in [3.05, 3.63) is 33.9 Å². The molecule has 0 unspecified atom stereocenters. The minimum atomic E-state index is -0.669. The molecule has 1 aliphatic rings. The maximum Gasteiger partial charge on any atom is 0.293 e. The number of nitrogens with two attached hydrogens (primary N) is 1. The van der Waals surface area contributed by atoms with Crippen molar-refractivity contribution in [2.75, 3.05) is 5.32 Å². The van der Waals surface area contributed by atoms with Crippen molar-refractivity contribution in [3.8, 4) is 0 Å². The molecule has 1 saturated carbocycles. The second-order valence-corrected chi connectivity index (χ2v) is 4.54. The van der Waals surface area contributed by atoms with Gasteiger partial charge in [-0.25, -0.2) is 0 Å². The number of carbonyl (C=O) groups excluding carboxylic acids is 1. The standard InChI is InChI=1S/C11H13N3O3/c1-11(4-5-11)13-8-3-2-7(10(12)15)6-9(8)14(16)17/h2-3,6,13H,4-5H2,1H3,(H2,12,15). The highest BCUT2D eigenvalue weighted by Crippen LogP contribution is 2.40. The molecule has 6 heteroatoms. The average Bonchev–Trinajstić information content (AvgIpc) is 2.96. The highest BCUT2D eigenvalue weighted by molar-refractivity contribution is 5.94. The number of carbonyl (C=O) groups is 1. The first-order chi connectivity index (χ1) is 7.91. The summed E-state index contributed by atoms with van der Waals surface area (Å²) in [5, 5.41) is 14.0. The second kappa shape index (κ2) is 3.73. The number of nitrogens with zero attached hydrogens (tertiary/aromatic N) is 1. The Labute approximate surface area is 98.0 Å². The van der Waals surface area contributed by atoms with Gasteiger partial charge in [-0.2, -0.15) is 0 Å². The molecule has 6 nitrogen and oxygen atoms in total. The Kier molecular flexibility index (Phi) is 2.49. The average molecular weight is 235 g/mol. The number of hydrogen-bond acceptors (Lipinski definition) is 4. The number of anilines is 1. The molecule has 0 aliphatic heterocycles. The fraction of sp³-hybridized carbons (Fsp3) is 0.364. The lowest BCUT2D eigenvalue weighted by Gasteiger charge is -2.13. The first kappa shape index (κ1) is 11.4. The summed E-state index contributed by atoms with van der Waals surface area (Å²) >= 11 is 0. The van der Waals surface area contributed by atoms with E-state index in [1.54, 1.807) is 0 Å². The molecular formula is C11H13N3O3. The van der Waals surface area contributed by atoms with Gasteiger partial charge in [0.15, 0.2) is 0 Å². The second-order valence-electron chi connectivity index (χ2n) is 4.54. The summed E-state index contributed by atoms with van der Waals surface area (Å²) in [6, 6.07) is 4.22. The van der Waals surface area contributed by atoms with Gasteiger partial charge in [-0.1, -0.05) is 0 Å². The van der Waals surface area contributed by atoms with Crippen molar-refractivity contribution in [3.63, 3.8) is 0 Å². The molecule has 1 aliphatic carbocycles. The van der Waals surface area contributed by atoms with E-state index in [1.807, 2.05) is 6.92 Å². The summed E-state index contributed by atoms with van der Waals surface area (Å²) < 4.78 is 0. The SMILES string of the molecule is CC1(Nc2ccc(C(N)=O)cc2[N+](=O)[O-])CC1. The number of amides is 1. The molecule has 90 valence electrons. The Morgan fingerprint density at radius 1 is 1.53 bits per heavy atom. The van der Waals surface area contributed by atoms with Crippen LogP contribution in [0.3, 0.4) is 0 Å². The summed E-state index contributed by atoms with van der Waals surface area (Å²) in [6.07, 6.45) is 1.98. The zero-order chi connectivity index (χ0) is 12.6. The molecular weight excluding hydrogens is 222 g/mol. The van der Waals surface area contributed by atoms with Gasteiger partial charge in [0.1, 0.15) is 5.69 Å². The van der Waals surface area contributed by atoms with Crippen molar-refractivity contribution in [1.82, 2.24) is 0 Å². The normalized spacial score (nSPS) is 16.3. The molecule has 1 aromatic carbocycles. The van der Waals surface area contributed by atoms with Crippen LogP contribution in [0.25, 0.3) is 0 Å². The van der Waals surface area contributed by atoms with Gasteiger partial charge in [-0.05, 0) is 31.9 Å². The molecule has 2 rings (SSSR count). The fourth-order valence-electron chi connectivity index (χ4n) is 1.58. The minimum Gasteiger partial charge on any atom is -0.374 e. The van der Waals surface area contributed by atoms with E-state index in [-0.39, 0.29) is 16.8 Å². The largest absolute Gasteiger partial charge is 0.374 e. The number of nitrogens with one attached hydrogen (secondary N) is 1. The first-order valence-electron chi connectivity index (χ1n) is 5.28. The molecule has 1 fully saturated rings. The van der Waals surface area contributed by atoms with Gasteiger partial charge in [-0.15, -0.1) is 0 Å². The van der Waals surface area contributed by atoms with Gasteiger partial charge in [0.05, 0.1) is 4.92 Å². The van der Waals surface area contributed by atoms with E-state index in [2.05, 4.69) is 5.32 Å². The number of nitro benzene ring substituents is 1. The molecule has 0 atom stereocenters. The summed E-state index contributed by atoms with van der Waals surface area (Å²) in [6.45, 7) is 2.00. The van der Waals surface area contributed by atoms with Crippen LogP contribution in [0.15, 0.2) is 18.2 Å². The molecule has 0 spiro atoms. The summed E-state index contributed by atoms with van der Waals surface area (Å²) in [5.41, 5.74) is 5.49. The van der Waals surface area contributed by atoms with Crippen molar-refractivity contribution in [2.45, 2.75) is 25.3 Å². The molecule has 1 amide bonds. The van der Waals surface area contributed by atoms with E-state index in [0.29, 0.717) is 5.69 Å². The quantitative estimate of drug-likeness (QED) is 0.612. The zero-order valence-corrected chi connectivity index (χ0v) is 9.40. The van der Waals surface area contributed by atoms with E-state index in [1.165, 1.54) is 18.2 Å². The van der Waals surface area contributed by atoms with E-state index in [9.17, 15) is 14.9 Å². The van der Waals surface area contributed by atoms with E-state index < -0.39 is 10.8 Å². The van der Waals surface area contributed by atoms with Crippen LogP contribution in [0.1, 0.15) is 30.1 Å². The summed E-state index contributed by atoms with van der Waals surface area (Å²) in [4.78, 5) is 21.4. The molecule has 0 radical (unpaired) electrons. The maximum atomic E-state index is 11.0. The predicted octanol–water partition coefficient (Wildman–Crippen LogP) is 1.66. The highest BCUT2D eigenvalue weighted by Gasteiger charge is 2.38. The monoisotopic (exact) mass is 235 g/mol. The summed E-state index contributed by atoms with van der Waals surface area (Å²) in [7, 11) is 0. The molecule has 0 saturated heterocycles. The molecule has 0 aromatic heterocycles. The first-order valence-corrected chi connectivity index (χ1v) is 5.28. The Bertz CT molecular complexity index is 495. The number of benzene rings is 1. The fourth-order valence-corrected chi connectivity index (χ4v) is 1.58. The molecule has 1 aromatic rings. The predicted molar refractivity (Wildman–Crippen MR) is 62.9 cm³/mol. The lowest BCUT2D eigenvalue weighted by molar-refractivity contribution is -0.384. The van der Waals surface area contributed by atoms with Gasteiger partial charge in [0.25, 0.3) is 5.69 Å². The lowest BCUT2D eigenvalue weighted by Crippen LogP contribution is -2.17. The van der Waals surface area contributed by atoms with Crippen molar-refractivity contribution < 1.29 is 9.72 Å². The Balaban J connectivity index is 2.37. The van der Waals surface area contributed by atoms with Crippen molar-refractivity contribution >= 4 is 17.3 Å². The van der Waals surface area contributed by atoms with Crippen LogP contribution >= 0.6 is 0 Å². The Morgan fingerprint density at radius 3 is 2.65 bits per heavy atom. The third kappa shape index (κ3) is 2.35. The van der Waals surface area contributed by atoms with Gasteiger partial charge < -0.3 is 11.1 Å². The van der Waals surface area contributed by atoms with Gasteiger partial charge in [-0.3, -0.25) is 14.9 Å². The van der Waals surface area contributed by atoms with Crippen LogP contribution in [0.5, 0.6) is 0 Å². The van der Waals surface area contributed by atoms with Gasteiger partial charge >= 0.3 is 0 Å².